The monoisotopic (exact) mass is 393 g/mol. The number of pyridine rings is 1. The Bertz CT molecular complexity index is 839. The Morgan fingerprint density at radius 2 is 1.90 bits per heavy atom. The van der Waals surface area contributed by atoms with Crippen molar-refractivity contribution in [1.82, 2.24) is 15.2 Å². The van der Waals surface area contributed by atoms with E-state index in [0.29, 0.717) is 6.54 Å². The minimum atomic E-state index is -0.285. The summed E-state index contributed by atoms with van der Waals surface area (Å²) in [6.45, 7) is 0.301. The number of carbonyl (C=O) groups is 2. The van der Waals surface area contributed by atoms with Crippen LogP contribution >= 0.6 is 0 Å². The summed E-state index contributed by atoms with van der Waals surface area (Å²) < 4.78 is 0. The number of benzene rings is 1. The molecule has 1 saturated carbocycles. The summed E-state index contributed by atoms with van der Waals surface area (Å²) >= 11 is 0. The topological polar surface area (TPSA) is 82.5 Å². The molecule has 2 aliphatic rings. The fraction of sp³-hybridized carbons (Fsp3) is 0.435. The molecule has 0 unspecified atom stereocenters. The maximum Gasteiger partial charge on any atom is 0.227 e. The summed E-state index contributed by atoms with van der Waals surface area (Å²) in [5.41, 5.74) is 1.93. The van der Waals surface area contributed by atoms with Gasteiger partial charge in [-0.25, -0.2) is 0 Å². The molecule has 152 valence electrons. The molecular weight excluding hydrogens is 366 g/mol. The van der Waals surface area contributed by atoms with Gasteiger partial charge in [-0.3, -0.25) is 14.6 Å². The van der Waals surface area contributed by atoms with Gasteiger partial charge in [-0.1, -0.05) is 42.8 Å². The normalized spacial score (nSPS) is 23.8. The third-order valence-corrected chi connectivity index (χ3v) is 6.24. The van der Waals surface area contributed by atoms with Crippen LogP contribution in [0, 0.1) is 5.92 Å². The average molecular weight is 393 g/mol. The van der Waals surface area contributed by atoms with Gasteiger partial charge in [-0.05, 0) is 30.0 Å². The average Bonchev–Trinajstić information content (AvgIpc) is 2.67. The fourth-order valence-electron chi connectivity index (χ4n) is 4.45. The Morgan fingerprint density at radius 1 is 1.10 bits per heavy atom. The predicted molar refractivity (Wildman–Crippen MR) is 109 cm³/mol. The Hall–Kier alpha value is -2.73. The predicted octanol–water partition coefficient (Wildman–Crippen LogP) is 1.90. The standard InChI is InChI=1S/C23H27N3O3/c27-15-20-22(17-7-2-1-3-8-17)19(14-25-23(29)18-9-4-10-18)26(20)21(28)12-16-6-5-11-24-13-16/h1-3,5-8,11,13,18-20,22,27H,4,9-10,12,14-15H2,(H,25,29)/t19-,20-,22-/m0/s1. The van der Waals surface area contributed by atoms with E-state index >= 15 is 0 Å². The van der Waals surface area contributed by atoms with Crippen molar-refractivity contribution in [2.45, 2.75) is 43.7 Å². The third-order valence-electron chi connectivity index (χ3n) is 6.24. The molecule has 29 heavy (non-hydrogen) atoms. The van der Waals surface area contributed by atoms with Crippen LogP contribution in [0.3, 0.4) is 0 Å². The van der Waals surface area contributed by atoms with Gasteiger partial charge in [0.1, 0.15) is 0 Å². The molecule has 4 rings (SSSR count). The second-order valence-corrected chi connectivity index (χ2v) is 7.97. The van der Waals surface area contributed by atoms with Crippen LogP contribution in [0.25, 0.3) is 0 Å². The van der Waals surface area contributed by atoms with Crippen LogP contribution in [0.5, 0.6) is 0 Å². The first kappa shape index (κ1) is 19.6. The van der Waals surface area contributed by atoms with Crippen molar-refractivity contribution >= 4 is 11.8 Å². The summed E-state index contributed by atoms with van der Waals surface area (Å²) in [6.07, 6.45) is 6.60. The van der Waals surface area contributed by atoms with Crippen LogP contribution in [-0.2, 0) is 16.0 Å². The molecule has 2 fully saturated rings. The Kier molecular flexibility index (Phi) is 5.90. The first-order chi connectivity index (χ1) is 14.2. The number of nitrogens with zero attached hydrogens (tertiary/aromatic N) is 2. The number of nitrogens with one attached hydrogen (secondary N) is 1. The van der Waals surface area contributed by atoms with E-state index in [0.717, 1.165) is 30.4 Å². The highest BCUT2D eigenvalue weighted by Crippen LogP contribution is 2.41. The zero-order chi connectivity index (χ0) is 20.2. The summed E-state index contributed by atoms with van der Waals surface area (Å²) in [5, 5.41) is 13.1. The van der Waals surface area contributed by atoms with Crippen molar-refractivity contribution < 1.29 is 14.7 Å². The van der Waals surface area contributed by atoms with Crippen LogP contribution < -0.4 is 5.32 Å². The smallest absolute Gasteiger partial charge is 0.227 e. The quantitative estimate of drug-likeness (QED) is 0.753. The molecule has 6 nitrogen and oxygen atoms in total. The van der Waals surface area contributed by atoms with Gasteiger partial charge in [0.05, 0.1) is 25.1 Å². The van der Waals surface area contributed by atoms with Crippen molar-refractivity contribution in [2.75, 3.05) is 13.2 Å². The maximum absolute atomic E-state index is 13.1. The number of hydrogen-bond acceptors (Lipinski definition) is 4. The van der Waals surface area contributed by atoms with Crippen LogP contribution in [0.2, 0.25) is 0 Å². The lowest BCUT2D eigenvalue weighted by Crippen LogP contribution is -2.69. The second-order valence-electron chi connectivity index (χ2n) is 7.97. The third kappa shape index (κ3) is 4.03. The van der Waals surface area contributed by atoms with E-state index in [1.54, 1.807) is 17.3 Å². The lowest BCUT2D eigenvalue weighted by Gasteiger charge is -2.55. The number of likely N-dealkylation sites (tertiary alicyclic amines) is 1. The van der Waals surface area contributed by atoms with E-state index in [1.165, 1.54) is 0 Å². The van der Waals surface area contributed by atoms with E-state index < -0.39 is 0 Å². The number of hydrogen-bond donors (Lipinski definition) is 2. The van der Waals surface area contributed by atoms with Crippen molar-refractivity contribution in [3.63, 3.8) is 0 Å². The summed E-state index contributed by atoms with van der Waals surface area (Å²) in [6, 6.07) is 13.2. The Labute approximate surface area is 171 Å². The maximum atomic E-state index is 13.1. The lowest BCUT2D eigenvalue weighted by atomic mass is 9.74. The van der Waals surface area contributed by atoms with Crippen molar-refractivity contribution in [3.05, 3.63) is 66.0 Å². The molecule has 3 atom stereocenters. The number of aliphatic hydroxyl groups is 1. The molecule has 2 N–H and O–H groups in total. The summed E-state index contributed by atoms with van der Waals surface area (Å²) in [4.78, 5) is 31.3. The first-order valence-corrected chi connectivity index (χ1v) is 10.3. The molecule has 1 aliphatic heterocycles. The summed E-state index contributed by atoms with van der Waals surface area (Å²) in [7, 11) is 0. The molecule has 1 aromatic carbocycles. The van der Waals surface area contributed by atoms with E-state index in [9.17, 15) is 14.7 Å². The molecule has 0 radical (unpaired) electrons. The van der Waals surface area contributed by atoms with Gasteiger partial charge in [0, 0.05) is 30.8 Å². The van der Waals surface area contributed by atoms with Gasteiger partial charge in [-0.15, -0.1) is 0 Å². The van der Waals surface area contributed by atoms with Crippen LogP contribution in [-0.4, -0.2) is 52.0 Å². The molecule has 1 aromatic heterocycles. The number of aromatic nitrogens is 1. The molecule has 2 aromatic rings. The van der Waals surface area contributed by atoms with Gasteiger partial charge >= 0.3 is 0 Å². The number of carbonyl (C=O) groups excluding carboxylic acids is 2. The van der Waals surface area contributed by atoms with E-state index in [1.807, 2.05) is 42.5 Å². The van der Waals surface area contributed by atoms with Gasteiger partial charge in [0.2, 0.25) is 11.8 Å². The fourth-order valence-corrected chi connectivity index (χ4v) is 4.45. The zero-order valence-corrected chi connectivity index (χ0v) is 16.4. The van der Waals surface area contributed by atoms with Gasteiger partial charge in [-0.2, -0.15) is 0 Å². The second kappa shape index (κ2) is 8.74. The number of aliphatic hydroxyl groups excluding tert-OH is 1. The van der Waals surface area contributed by atoms with Crippen LogP contribution in [0.15, 0.2) is 54.9 Å². The number of rotatable bonds is 7. The largest absolute Gasteiger partial charge is 0.394 e. The van der Waals surface area contributed by atoms with Crippen LogP contribution in [0.4, 0.5) is 0 Å². The molecule has 0 bridgehead atoms. The number of amides is 2. The van der Waals surface area contributed by atoms with Crippen LogP contribution in [0.1, 0.15) is 36.3 Å². The van der Waals surface area contributed by atoms with E-state index in [4.69, 9.17) is 0 Å². The van der Waals surface area contributed by atoms with Crippen molar-refractivity contribution in [2.24, 2.45) is 5.92 Å². The summed E-state index contributed by atoms with van der Waals surface area (Å²) in [5.74, 6) is 0.140. The van der Waals surface area contributed by atoms with Crippen molar-refractivity contribution in [1.29, 1.82) is 0 Å². The Morgan fingerprint density at radius 3 is 2.52 bits per heavy atom. The van der Waals surface area contributed by atoms with Gasteiger partial charge < -0.3 is 15.3 Å². The Balaban J connectivity index is 1.52. The minimum absolute atomic E-state index is 0.000684. The molecule has 0 spiro atoms. The highest BCUT2D eigenvalue weighted by atomic mass is 16.3. The molecule has 2 heterocycles. The van der Waals surface area contributed by atoms with E-state index in [2.05, 4.69) is 10.3 Å². The van der Waals surface area contributed by atoms with Gasteiger partial charge in [0.25, 0.3) is 0 Å². The molecule has 6 heteroatoms. The molecule has 2 amide bonds. The molecule has 1 saturated heterocycles. The van der Waals surface area contributed by atoms with Crippen molar-refractivity contribution in [3.8, 4) is 0 Å². The van der Waals surface area contributed by atoms with E-state index in [-0.39, 0.29) is 48.8 Å². The molecular formula is C23H27N3O3. The highest BCUT2D eigenvalue weighted by molar-refractivity contribution is 5.82. The zero-order valence-electron chi connectivity index (χ0n) is 16.4. The minimum Gasteiger partial charge on any atom is -0.394 e. The SMILES string of the molecule is O=C(NC[C@H]1[C@H](c2ccccc2)[C@H](CO)N1C(=O)Cc1cccnc1)C1CCC1. The highest BCUT2D eigenvalue weighted by Gasteiger charge is 2.50. The van der Waals surface area contributed by atoms with Gasteiger partial charge in [0.15, 0.2) is 0 Å². The lowest BCUT2D eigenvalue weighted by molar-refractivity contribution is -0.150. The molecule has 1 aliphatic carbocycles. The first-order valence-electron chi connectivity index (χ1n) is 10.3.